The third-order valence-electron chi connectivity index (χ3n) is 4.57. The minimum atomic E-state index is -2.24. The van der Waals surface area contributed by atoms with Gasteiger partial charge < -0.3 is 10.2 Å². The van der Waals surface area contributed by atoms with E-state index in [-0.39, 0.29) is 6.54 Å². The second kappa shape index (κ2) is 6.98. The Balaban J connectivity index is 2.60. The van der Waals surface area contributed by atoms with E-state index in [2.05, 4.69) is 26.1 Å². The fourth-order valence-corrected chi connectivity index (χ4v) is 3.34. The Morgan fingerprint density at radius 2 is 1.89 bits per heavy atom. The first-order chi connectivity index (χ1) is 8.74. The van der Waals surface area contributed by atoms with E-state index in [1.165, 1.54) is 6.42 Å². The van der Waals surface area contributed by atoms with Crippen LogP contribution in [0.3, 0.4) is 0 Å². The molecule has 0 saturated heterocycles. The summed E-state index contributed by atoms with van der Waals surface area (Å²) in [6.07, 6.45) is 1.30. The summed E-state index contributed by atoms with van der Waals surface area (Å²) in [7, 11) is 3.79. The van der Waals surface area contributed by atoms with E-state index in [4.69, 9.17) is 0 Å². The molecule has 3 atom stereocenters. The summed E-state index contributed by atoms with van der Waals surface area (Å²) in [5, 5.41) is 3.37. The Hall–Kier alpha value is -0.220. The molecule has 1 saturated carbocycles. The molecule has 0 bridgehead atoms. The number of hydrogen-bond donors (Lipinski definition) is 1. The van der Waals surface area contributed by atoms with Crippen LogP contribution >= 0.6 is 0 Å². The van der Waals surface area contributed by atoms with Crippen LogP contribution in [-0.2, 0) is 0 Å². The third-order valence-corrected chi connectivity index (χ3v) is 4.57. The standard InChI is InChI=1S/C15H30F2N2/c1-15(2,3)12-6-7-13(18-4)11(8-12)9-19(5)10-14(16)17/h11-14,18H,6-10H2,1-5H3. The van der Waals surface area contributed by atoms with Gasteiger partial charge in [-0.25, -0.2) is 8.78 Å². The van der Waals surface area contributed by atoms with Gasteiger partial charge in [-0.3, -0.25) is 0 Å². The highest BCUT2D eigenvalue weighted by Crippen LogP contribution is 2.40. The lowest BCUT2D eigenvalue weighted by Gasteiger charge is -2.43. The van der Waals surface area contributed by atoms with E-state index < -0.39 is 6.43 Å². The van der Waals surface area contributed by atoms with Crippen molar-refractivity contribution in [1.82, 2.24) is 10.2 Å². The zero-order valence-electron chi connectivity index (χ0n) is 13.0. The van der Waals surface area contributed by atoms with Crippen molar-refractivity contribution in [2.75, 3.05) is 27.2 Å². The van der Waals surface area contributed by atoms with Crippen LogP contribution in [0.25, 0.3) is 0 Å². The average molecular weight is 276 g/mol. The van der Waals surface area contributed by atoms with Crippen molar-refractivity contribution in [2.45, 2.75) is 52.5 Å². The molecule has 0 spiro atoms. The number of halogens is 2. The van der Waals surface area contributed by atoms with E-state index in [1.807, 2.05) is 7.05 Å². The summed E-state index contributed by atoms with van der Waals surface area (Å²) in [6, 6.07) is 0.471. The predicted octanol–water partition coefficient (Wildman–Crippen LogP) is 3.23. The average Bonchev–Trinajstić information content (AvgIpc) is 2.26. The van der Waals surface area contributed by atoms with Crippen molar-refractivity contribution in [3.63, 3.8) is 0 Å². The lowest BCUT2D eigenvalue weighted by atomic mass is 9.67. The Morgan fingerprint density at radius 1 is 1.26 bits per heavy atom. The van der Waals surface area contributed by atoms with Crippen molar-refractivity contribution in [3.05, 3.63) is 0 Å². The third kappa shape index (κ3) is 5.35. The van der Waals surface area contributed by atoms with Crippen molar-refractivity contribution < 1.29 is 8.78 Å². The molecule has 19 heavy (non-hydrogen) atoms. The maximum Gasteiger partial charge on any atom is 0.251 e. The molecule has 1 N–H and O–H groups in total. The molecule has 0 aromatic rings. The minimum Gasteiger partial charge on any atom is -0.317 e. The Labute approximate surface area is 116 Å². The van der Waals surface area contributed by atoms with Gasteiger partial charge in [-0.05, 0) is 50.6 Å². The van der Waals surface area contributed by atoms with Crippen LogP contribution in [0, 0.1) is 17.3 Å². The first-order valence-corrected chi connectivity index (χ1v) is 7.38. The van der Waals surface area contributed by atoms with Gasteiger partial charge in [0, 0.05) is 12.6 Å². The van der Waals surface area contributed by atoms with Gasteiger partial charge >= 0.3 is 0 Å². The molecule has 114 valence electrons. The maximum absolute atomic E-state index is 12.4. The number of nitrogens with zero attached hydrogens (tertiary/aromatic N) is 1. The fraction of sp³-hybridized carbons (Fsp3) is 1.00. The summed E-state index contributed by atoms with van der Waals surface area (Å²) in [4.78, 5) is 1.78. The van der Waals surface area contributed by atoms with Gasteiger partial charge in [0.05, 0.1) is 6.54 Å². The number of rotatable bonds is 5. The van der Waals surface area contributed by atoms with Gasteiger partial charge in [-0.1, -0.05) is 20.8 Å². The Kier molecular flexibility index (Phi) is 6.18. The van der Waals surface area contributed by atoms with E-state index >= 15 is 0 Å². The molecule has 1 rings (SSSR count). The smallest absolute Gasteiger partial charge is 0.251 e. The Bertz CT molecular complexity index is 263. The molecule has 1 fully saturated rings. The minimum absolute atomic E-state index is 0.118. The molecular formula is C15H30F2N2. The lowest BCUT2D eigenvalue weighted by molar-refractivity contribution is 0.0637. The first kappa shape index (κ1) is 16.8. The van der Waals surface area contributed by atoms with Crippen LogP contribution in [0.1, 0.15) is 40.0 Å². The predicted molar refractivity (Wildman–Crippen MR) is 76.6 cm³/mol. The fourth-order valence-electron chi connectivity index (χ4n) is 3.34. The van der Waals surface area contributed by atoms with Gasteiger partial charge in [0.1, 0.15) is 0 Å². The molecule has 0 aromatic carbocycles. The van der Waals surface area contributed by atoms with Crippen molar-refractivity contribution in [3.8, 4) is 0 Å². The van der Waals surface area contributed by atoms with E-state index in [0.29, 0.717) is 23.3 Å². The normalized spacial score (nSPS) is 29.2. The van der Waals surface area contributed by atoms with Gasteiger partial charge in [0.15, 0.2) is 0 Å². The summed E-state index contributed by atoms with van der Waals surface area (Å²) in [5.74, 6) is 1.17. The van der Waals surface area contributed by atoms with Crippen molar-refractivity contribution in [1.29, 1.82) is 0 Å². The van der Waals surface area contributed by atoms with Crippen molar-refractivity contribution >= 4 is 0 Å². The number of hydrogen-bond acceptors (Lipinski definition) is 2. The molecule has 2 nitrogen and oxygen atoms in total. The molecule has 1 aliphatic rings. The van der Waals surface area contributed by atoms with Crippen molar-refractivity contribution in [2.24, 2.45) is 17.3 Å². The van der Waals surface area contributed by atoms with Gasteiger partial charge in [-0.2, -0.15) is 0 Å². The Morgan fingerprint density at radius 3 is 2.37 bits per heavy atom. The molecule has 0 aliphatic heterocycles. The summed E-state index contributed by atoms with van der Waals surface area (Å²) >= 11 is 0. The summed E-state index contributed by atoms with van der Waals surface area (Å²) < 4.78 is 24.9. The summed E-state index contributed by atoms with van der Waals surface area (Å²) in [6.45, 7) is 7.52. The molecule has 0 aromatic heterocycles. The number of alkyl halides is 2. The van der Waals surface area contributed by atoms with Crippen LogP contribution in [0.2, 0.25) is 0 Å². The zero-order chi connectivity index (χ0) is 14.6. The SMILES string of the molecule is CNC1CCC(C(C)(C)C)CC1CN(C)CC(F)F. The van der Waals surface area contributed by atoms with Gasteiger partial charge in [-0.15, -0.1) is 0 Å². The van der Waals surface area contributed by atoms with Gasteiger partial charge in [0.2, 0.25) is 0 Å². The lowest BCUT2D eigenvalue weighted by Crippen LogP contribution is -2.46. The number of nitrogens with one attached hydrogen (secondary N) is 1. The first-order valence-electron chi connectivity index (χ1n) is 7.38. The largest absolute Gasteiger partial charge is 0.317 e. The molecule has 0 heterocycles. The quantitative estimate of drug-likeness (QED) is 0.829. The van der Waals surface area contributed by atoms with E-state index in [1.54, 1.807) is 11.9 Å². The van der Waals surface area contributed by atoms with Crippen LogP contribution in [0.4, 0.5) is 8.78 Å². The van der Waals surface area contributed by atoms with Crippen LogP contribution in [0.15, 0.2) is 0 Å². The highest BCUT2D eigenvalue weighted by molar-refractivity contribution is 4.89. The molecule has 0 radical (unpaired) electrons. The molecule has 4 heteroatoms. The highest BCUT2D eigenvalue weighted by atomic mass is 19.3. The maximum atomic E-state index is 12.4. The molecular weight excluding hydrogens is 246 g/mol. The summed E-state index contributed by atoms with van der Waals surface area (Å²) in [5.41, 5.74) is 0.318. The van der Waals surface area contributed by atoms with Crippen LogP contribution < -0.4 is 5.32 Å². The topological polar surface area (TPSA) is 15.3 Å². The molecule has 1 aliphatic carbocycles. The van der Waals surface area contributed by atoms with Gasteiger partial charge in [0.25, 0.3) is 6.43 Å². The van der Waals surface area contributed by atoms with Crippen LogP contribution in [-0.4, -0.2) is 44.6 Å². The second-order valence-corrected chi connectivity index (χ2v) is 7.14. The zero-order valence-corrected chi connectivity index (χ0v) is 13.0. The highest BCUT2D eigenvalue weighted by Gasteiger charge is 2.35. The molecule has 3 unspecified atom stereocenters. The molecule has 0 amide bonds. The van der Waals surface area contributed by atoms with Crippen LogP contribution in [0.5, 0.6) is 0 Å². The van der Waals surface area contributed by atoms with E-state index in [9.17, 15) is 8.78 Å². The van der Waals surface area contributed by atoms with E-state index in [0.717, 1.165) is 19.4 Å². The second-order valence-electron chi connectivity index (χ2n) is 7.14. The monoisotopic (exact) mass is 276 g/mol.